The number of hydrogen-bond acceptors (Lipinski definition) is 0. The van der Waals surface area contributed by atoms with Gasteiger partial charge in [0.25, 0.3) is 0 Å². The van der Waals surface area contributed by atoms with E-state index in [0.717, 1.165) is 25.7 Å². The molecule has 0 aliphatic heterocycles. The minimum Gasteiger partial charge on any atom is -0.0622 e. The molecule has 0 spiro atoms. The molecular formula is C61H68. The summed E-state index contributed by atoms with van der Waals surface area (Å²) in [7, 11) is 0. The van der Waals surface area contributed by atoms with Gasteiger partial charge >= 0.3 is 0 Å². The first-order valence-electron chi connectivity index (χ1n) is 22.8. The van der Waals surface area contributed by atoms with Gasteiger partial charge in [0, 0.05) is 5.41 Å². The molecule has 0 heteroatoms. The third kappa shape index (κ3) is 8.66. The molecule has 0 nitrogen and oxygen atoms in total. The van der Waals surface area contributed by atoms with Gasteiger partial charge in [0.1, 0.15) is 0 Å². The molecule has 2 aliphatic carbocycles. The standard InChI is InChI=1S/C61H68/c1-57(2,3)47-31-45(32-48(35-47)58(4,5)6)53-27-19-25-43-29-51(37-55(43)53)61(39-41-21-15-13-16-22-41,40-42-23-17-14-18-24-42)52-30-44-26-20-28-54(56(44)38-52)46-33-49(59(7,8)9)36-50(34-46)60(10,11)12/h13-28,31-38H,29-30,39-40H2,1-12H3. The van der Waals surface area contributed by atoms with Crippen molar-refractivity contribution in [3.63, 3.8) is 0 Å². The van der Waals surface area contributed by atoms with Crippen LogP contribution >= 0.6 is 0 Å². The molecule has 6 aromatic carbocycles. The molecule has 2 aliphatic rings. The first kappa shape index (κ1) is 42.5. The SMILES string of the molecule is CC(C)(C)c1cc(-c2cccc3c2C=C(C(Cc2ccccc2)(Cc2ccccc2)C2=Cc4c(cccc4-c4cc(C(C)(C)C)cc(C(C)(C)C)c4)C2)C3)cc(C(C)(C)C)c1. The van der Waals surface area contributed by atoms with Crippen molar-refractivity contribution >= 4 is 12.2 Å². The zero-order valence-corrected chi connectivity index (χ0v) is 39.2. The van der Waals surface area contributed by atoms with Crippen LogP contribution in [0.1, 0.15) is 139 Å². The molecule has 0 atom stereocenters. The lowest BCUT2D eigenvalue weighted by atomic mass is 9.65. The second-order valence-electron chi connectivity index (χ2n) is 22.5. The van der Waals surface area contributed by atoms with Crippen molar-refractivity contribution in [2.45, 2.75) is 130 Å². The molecule has 0 fully saturated rings. The summed E-state index contributed by atoms with van der Waals surface area (Å²) in [4.78, 5) is 0. The third-order valence-electron chi connectivity index (χ3n) is 13.7. The minimum atomic E-state index is -0.247. The van der Waals surface area contributed by atoms with E-state index in [1.807, 2.05) is 0 Å². The van der Waals surface area contributed by atoms with E-state index in [1.165, 1.54) is 89.0 Å². The van der Waals surface area contributed by atoms with Crippen LogP contribution in [-0.2, 0) is 47.3 Å². The summed E-state index contributed by atoms with van der Waals surface area (Å²) < 4.78 is 0. The Hall–Kier alpha value is -5.20. The van der Waals surface area contributed by atoms with Gasteiger partial charge in [-0.15, -0.1) is 0 Å². The second-order valence-corrected chi connectivity index (χ2v) is 22.5. The molecule has 61 heavy (non-hydrogen) atoms. The minimum absolute atomic E-state index is 0.0423. The van der Waals surface area contributed by atoms with Crippen LogP contribution < -0.4 is 0 Å². The van der Waals surface area contributed by atoms with Crippen LogP contribution in [0.25, 0.3) is 34.4 Å². The van der Waals surface area contributed by atoms with E-state index in [2.05, 4.69) is 229 Å². The fraction of sp³-hybridized carbons (Fsp3) is 0.344. The summed E-state index contributed by atoms with van der Waals surface area (Å²) in [5, 5.41) is 0. The van der Waals surface area contributed by atoms with Crippen molar-refractivity contribution < 1.29 is 0 Å². The van der Waals surface area contributed by atoms with Crippen LogP contribution in [0.15, 0.2) is 145 Å². The maximum absolute atomic E-state index is 2.63. The number of fused-ring (bicyclic) bond motifs is 2. The topological polar surface area (TPSA) is 0 Å². The number of benzene rings is 6. The van der Waals surface area contributed by atoms with Crippen molar-refractivity contribution in [1.29, 1.82) is 0 Å². The molecule has 0 aromatic heterocycles. The number of allylic oxidation sites excluding steroid dienone is 2. The van der Waals surface area contributed by atoms with Crippen LogP contribution in [0.5, 0.6) is 0 Å². The molecule has 0 saturated heterocycles. The Morgan fingerprint density at radius 3 is 1.00 bits per heavy atom. The quantitative estimate of drug-likeness (QED) is 0.144. The van der Waals surface area contributed by atoms with Gasteiger partial charge in [-0.05, 0) is 125 Å². The molecule has 0 radical (unpaired) electrons. The Balaban J connectivity index is 1.35. The third-order valence-corrected chi connectivity index (χ3v) is 13.7. The van der Waals surface area contributed by atoms with Gasteiger partial charge in [-0.3, -0.25) is 0 Å². The second kappa shape index (κ2) is 15.6. The van der Waals surface area contributed by atoms with Crippen molar-refractivity contribution in [2.24, 2.45) is 5.41 Å². The Kier molecular flexibility index (Phi) is 10.9. The molecule has 8 rings (SSSR count). The van der Waals surface area contributed by atoms with Gasteiger partial charge in [-0.2, -0.15) is 0 Å². The molecule has 0 amide bonds. The van der Waals surface area contributed by atoms with Gasteiger partial charge in [-0.25, -0.2) is 0 Å². The van der Waals surface area contributed by atoms with E-state index < -0.39 is 0 Å². The molecule has 0 heterocycles. The van der Waals surface area contributed by atoms with Gasteiger partial charge in [-0.1, -0.05) is 240 Å². The molecule has 0 saturated carbocycles. The number of rotatable bonds is 8. The fourth-order valence-electron chi connectivity index (χ4n) is 9.76. The first-order chi connectivity index (χ1) is 28.7. The van der Waals surface area contributed by atoms with Crippen molar-refractivity contribution in [3.8, 4) is 22.3 Å². The Morgan fingerprint density at radius 2 is 0.689 bits per heavy atom. The lowest BCUT2D eigenvalue weighted by molar-refractivity contribution is 0.414. The highest BCUT2D eigenvalue weighted by Gasteiger charge is 2.42. The Labute approximate surface area is 368 Å². The molecule has 312 valence electrons. The van der Waals surface area contributed by atoms with Crippen LogP contribution in [0.4, 0.5) is 0 Å². The average molecular weight is 801 g/mol. The van der Waals surface area contributed by atoms with E-state index in [0.29, 0.717) is 0 Å². The summed E-state index contributed by atoms with van der Waals surface area (Å²) in [6, 6.07) is 51.5. The maximum Gasteiger partial charge on any atom is 0.0214 e. The summed E-state index contributed by atoms with van der Waals surface area (Å²) in [5.41, 5.74) is 22.3. The van der Waals surface area contributed by atoms with Gasteiger partial charge in [0.05, 0.1) is 0 Å². The zero-order chi connectivity index (χ0) is 43.5. The lowest BCUT2D eigenvalue weighted by Crippen LogP contribution is -2.32. The summed E-state index contributed by atoms with van der Waals surface area (Å²) in [6.07, 6.45) is 9.02. The lowest BCUT2D eigenvalue weighted by Gasteiger charge is -2.38. The van der Waals surface area contributed by atoms with Crippen molar-refractivity contribution in [3.05, 3.63) is 200 Å². The molecule has 0 unspecified atom stereocenters. The summed E-state index contributed by atoms with van der Waals surface area (Å²) >= 11 is 0. The van der Waals surface area contributed by atoms with Gasteiger partial charge < -0.3 is 0 Å². The van der Waals surface area contributed by atoms with Crippen LogP contribution in [0.2, 0.25) is 0 Å². The van der Waals surface area contributed by atoms with Crippen molar-refractivity contribution in [1.82, 2.24) is 0 Å². The molecule has 0 N–H and O–H groups in total. The molecule has 6 aromatic rings. The predicted octanol–water partition coefficient (Wildman–Crippen LogP) is 16.3. The van der Waals surface area contributed by atoms with E-state index in [4.69, 9.17) is 0 Å². The van der Waals surface area contributed by atoms with E-state index in [1.54, 1.807) is 0 Å². The van der Waals surface area contributed by atoms with E-state index >= 15 is 0 Å². The smallest absolute Gasteiger partial charge is 0.0214 e. The van der Waals surface area contributed by atoms with E-state index in [9.17, 15) is 0 Å². The van der Waals surface area contributed by atoms with Crippen molar-refractivity contribution in [2.75, 3.05) is 0 Å². The predicted molar refractivity (Wildman–Crippen MR) is 265 cm³/mol. The van der Waals surface area contributed by atoms with E-state index in [-0.39, 0.29) is 27.1 Å². The summed E-state index contributed by atoms with van der Waals surface area (Å²) in [5.74, 6) is 0. The monoisotopic (exact) mass is 801 g/mol. The fourth-order valence-corrected chi connectivity index (χ4v) is 9.76. The average Bonchev–Trinajstić information content (AvgIpc) is 3.86. The zero-order valence-electron chi connectivity index (χ0n) is 39.2. The van der Waals surface area contributed by atoms with Crippen LogP contribution in [-0.4, -0.2) is 0 Å². The Bertz CT molecular complexity index is 2380. The van der Waals surface area contributed by atoms with Gasteiger partial charge in [0.15, 0.2) is 0 Å². The Morgan fingerprint density at radius 1 is 0.361 bits per heavy atom. The largest absolute Gasteiger partial charge is 0.0622 e. The maximum atomic E-state index is 2.63. The molecular weight excluding hydrogens is 733 g/mol. The van der Waals surface area contributed by atoms with Crippen LogP contribution in [0, 0.1) is 5.41 Å². The van der Waals surface area contributed by atoms with Gasteiger partial charge in [0.2, 0.25) is 0 Å². The number of hydrogen-bond donors (Lipinski definition) is 0. The highest BCUT2D eigenvalue weighted by atomic mass is 14.5. The normalized spacial score (nSPS) is 14.4. The molecule has 0 bridgehead atoms. The first-order valence-corrected chi connectivity index (χ1v) is 22.8. The summed E-state index contributed by atoms with van der Waals surface area (Å²) in [6.45, 7) is 28.1. The van der Waals surface area contributed by atoms with Crippen LogP contribution in [0.3, 0.4) is 0 Å². The highest BCUT2D eigenvalue weighted by Crippen LogP contribution is 2.53. The highest BCUT2D eigenvalue weighted by molar-refractivity contribution is 5.85.